The predicted octanol–water partition coefficient (Wildman–Crippen LogP) is 3.78. The lowest BCUT2D eigenvalue weighted by Crippen LogP contribution is -2.28. The minimum absolute atomic E-state index is 0.125. The number of benzene rings is 2. The van der Waals surface area contributed by atoms with E-state index in [-0.39, 0.29) is 17.9 Å². The van der Waals surface area contributed by atoms with E-state index < -0.39 is 0 Å². The van der Waals surface area contributed by atoms with E-state index in [0.29, 0.717) is 17.2 Å². The van der Waals surface area contributed by atoms with Crippen LogP contribution in [-0.4, -0.2) is 45.1 Å². The van der Waals surface area contributed by atoms with Gasteiger partial charge in [-0.25, -0.2) is 5.01 Å². The minimum Gasteiger partial charge on any atom is -0.497 e. The van der Waals surface area contributed by atoms with Gasteiger partial charge in [-0.1, -0.05) is 12.1 Å². The standard InChI is InChI=1S/C22H26N2O5/c1-13-20(16-11-18(27-4)22(29-6)19(12-16)28-5)21(24(23-13)14(2)25)15-7-9-17(26-3)10-8-15/h7-12,20-21H,1-6H3. The zero-order chi connectivity index (χ0) is 21.1. The van der Waals surface area contributed by atoms with Crippen molar-refractivity contribution in [2.45, 2.75) is 25.8 Å². The third kappa shape index (κ3) is 3.72. The van der Waals surface area contributed by atoms with E-state index in [9.17, 15) is 4.79 Å². The number of ether oxygens (including phenoxy) is 4. The van der Waals surface area contributed by atoms with Crippen molar-refractivity contribution in [3.05, 3.63) is 47.5 Å². The fraction of sp³-hybridized carbons (Fsp3) is 0.364. The van der Waals surface area contributed by atoms with E-state index in [1.54, 1.807) is 28.4 Å². The molecule has 1 amide bonds. The summed E-state index contributed by atoms with van der Waals surface area (Å²) in [6.45, 7) is 3.44. The first-order valence-corrected chi connectivity index (χ1v) is 9.23. The Morgan fingerprint density at radius 2 is 1.48 bits per heavy atom. The summed E-state index contributed by atoms with van der Waals surface area (Å²) in [4.78, 5) is 12.3. The van der Waals surface area contributed by atoms with Crippen LogP contribution in [0, 0.1) is 0 Å². The second kappa shape index (κ2) is 8.43. The summed E-state index contributed by atoms with van der Waals surface area (Å²) < 4.78 is 21.7. The Morgan fingerprint density at radius 3 is 1.93 bits per heavy atom. The van der Waals surface area contributed by atoms with Gasteiger partial charge >= 0.3 is 0 Å². The molecule has 0 aliphatic carbocycles. The molecule has 2 aromatic rings. The molecule has 1 heterocycles. The molecule has 2 atom stereocenters. The summed E-state index contributed by atoms with van der Waals surface area (Å²) in [6.07, 6.45) is 0. The number of rotatable bonds is 6. The molecule has 7 heteroatoms. The van der Waals surface area contributed by atoms with Crippen LogP contribution in [0.25, 0.3) is 0 Å². The fourth-order valence-corrected chi connectivity index (χ4v) is 3.77. The number of hydrazone groups is 1. The van der Waals surface area contributed by atoms with Crippen molar-refractivity contribution in [1.29, 1.82) is 0 Å². The molecule has 0 aromatic heterocycles. The summed E-state index contributed by atoms with van der Waals surface area (Å²) in [5, 5.41) is 6.09. The zero-order valence-corrected chi connectivity index (χ0v) is 17.6. The highest BCUT2D eigenvalue weighted by atomic mass is 16.5. The predicted molar refractivity (Wildman–Crippen MR) is 110 cm³/mol. The molecule has 2 unspecified atom stereocenters. The number of nitrogens with zero attached hydrogens (tertiary/aromatic N) is 2. The van der Waals surface area contributed by atoms with Crippen LogP contribution < -0.4 is 18.9 Å². The molecule has 0 N–H and O–H groups in total. The van der Waals surface area contributed by atoms with Crippen LogP contribution >= 0.6 is 0 Å². The van der Waals surface area contributed by atoms with Gasteiger partial charge in [0.2, 0.25) is 11.7 Å². The summed E-state index contributed by atoms with van der Waals surface area (Å²) in [5.41, 5.74) is 2.71. The van der Waals surface area contributed by atoms with E-state index in [1.807, 2.05) is 43.3 Å². The molecule has 3 rings (SSSR count). The Kier molecular flexibility index (Phi) is 5.96. The van der Waals surface area contributed by atoms with Crippen molar-refractivity contribution in [2.24, 2.45) is 5.10 Å². The van der Waals surface area contributed by atoms with E-state index in [0.717, 1.165) is 22.6 Å². The first-order valence-electron chi connectivity index (χ1n) is 9.23. The maximum Gasteiger partial charge on any atom is 0.240 e. The summed E-state index contributed by atoms with van der Waals surface area (Å²) in [6, 6.07) is 11.2. The summed E-state index contributed by atoms with van der Waals surface area (Å²) in [7, 11) is 6.36. The van der Waals surface area contributed by atoms with Crippen molar-refractivity contribution in [1.82, 2.24) is 5.01 Å². The number of hydrogen-bond donors (Lipinski definition) is 0. The quantitative estimate of drug-likeness (QED) is 0.741. The fourth-order valence-electron chi connectivity index (χ4n) is 3.77. The van der Waals surface area contributed by atoms with Gasteiger partial charge in [0, 0.05) is 12.6 Å². The average molecular weight is 398 g/mol. The van der Waals surface area contributed by atoms with Crippen molar-refractivity contribution < 1.29 is 23.7 Å². The molecule has 0 bridgehead atoms. The van der Waals surface area contributed by atoms with Crippen LogP contribution in [0.3, 0.4) is 0 Å². The molecule has 2 aromatic carbocycles. The third-order valence-corrected chi connectivity index (χ3v) is 5.12. The van der Waals surface area contributed by atoms with Crippen molar-refractivity contribution in [2.75, 3.05) is 28.4 Å². The molecule has 0 spiro atoms. The molecule has 29 heavy (non-hydrogen) atoms. The molecule has 0 saturated heterocycles. The lowest BCUT2D eigenvalue weighted by Gasteiger charge is -2.27. The topological polar surface area (TPSA) is 69.6 Å². The van der Waals surface area contributed by atoms with E-state index in [2.05, 4.69) is 5.10 Å². The van der Waals surface area contributed by atoms with Gasteiger partial charge in [0.05, 0.1) is 40.4 Å². The Labute approximate surface area is 170 Å². The van der Waals surface area contributed by atoms with Gasteiger partial charge in [-0.05, 0) is 42.3 Å². The molecule has 0 fully saturated rings. The average Bonchev–Trinajstić information content (AvgIpc) is 3.10. The smallest absolute Gasteiger partial charge is 0.240 e. The van der Waals surface area contributed by atoms with Gasteiger partial charge in [0.15, 0.2) is 11.5 Å². The van der Waals surface area contributed by atoms with Gasteiger partial charge in [0.1, 0.15) is 5.75 Å². The Bertz CT molecular complexity index is 898. The second-order valence-corrected chi connectivity index (χ2v) is 6.76. The number of carbonyl (C=O) groups is 1. The molecule has 0 radical (unpaired) electrons. The third-order valence-electron chi connectivity index (χ3n) is 5.12. The second-order valence-electron chi connectivity index (χ2n) is 6.76. The Balaban J connectivity index is 2.14. The highest BCUT2D eigenvalue weighted by Gasteiger charge is 2.40. The molecule has 7 nitrogen and oxygen atoms in total. The molecule has 0 saturated carbocycles. The van der Waals surface area contributed by atoms with Crippen LogP contribution in [0.15, 0.2) is 41.5 Å². The van der Waals surface area contributed by atoms with E-state index >= 15 is 0 Å². The van der Waals surface area contributed by atoms with Crippen molar-refractivity contribution >= 4 is 11.6 Å². The van der Waals surface area contributed by atoms with Crippen LogP contribution in [0.1, 0.15) is 36.9 Å². The van der Waals surface area contributed by atoms with Gasteiger partial charge in [-0.2, -0.15) is 5.10 Å². The van der Waals surface area contributed by atoms with Gasteiger partial charge in [0.25, 0.3) is 0 Å². The van der Waals surface area contributed by atoms with Crippen LogP contribution in [-0.2, 0) is 4.79 Å². The highest BCUT2D eigenvalue weighted by molar-refractivity contribution is 5.94. The lowest BCUT2D eigenvalue weighted by molar-refractivity contribution is -0.130. The van der Waals surface area contributed by atoms with Crippen molar-refractivity contribution in [3.63, 3.8) is 0 Å². The molecular weight excluding hydrogens is 372 g/mol. The van der Waals surface area contributed by atoms with Crippen LogP contribution in [0.5, 0.6) is 23.0 Å². The maximum atomic E-state index is 12.3. The summed E-state index contributed by atoms with van der Waals surface area (Å²) in [5.74, 6) is 2.11. The first kappa shape index (κ1) is 20.5. The number of amides is 1. The molecule has 1 aliphatic heterocycles. The maximum absolute atomic E-state index is 12.3. The van der Waals surface area contributed by atoms with Crippen molar-refractivity contribution in [3.8, 4) is 23.0 Å². The van der Waals surface area contributed by atoms with E-state index in [1.165, 1.54) is 11.9 Å². The minimum atomic E-state index is -0.291. The number of hydrogen-bond acceptors (Lipinski definition) is 6. The zero-order valence-electron chi connectivity index (χ0n) is 17.6. The van der Waals surface area contributed by atoms with Crippen LogP contribution in [0.4, 0.5) is 0 Å². The number of methoxy groups -OCH3 is 4. The Hall–Kier alpha value is -3.22. The number of carbonyl (C=O) groups excluding carboxylic acids is 1. The monoisotopic (exact) mass is 398 g/mol. The van der Waals surface area contributed by atoms with Gasteiger partial charge < -0.3 is 18.9 Å². The Morgan fingerprint density at radius 1 is 0.897 bits per heavy atom. The SMILES string of the molecule is COc1ccc(C2C(c3cc(OC)c(OC)c(OC)c3)C(C)=NN2C(C)=O)cc1. The van der Waals surface area contributed by atoms with Gasteiger partial charge in [-0.3, -0.25) is 4.79 Å². The largest absolute Gasteiger partial charge is 0.497 e. The van der Waals surface area contributed by atoms with Gasteiger partial charge in [-0.15, -0.1) is 0 Å². The summed E-state index contributed by atoms with van der Waals surface area (Å²) >= 11 is 0. The van der Waals surface area contributed by atoms with E-state index in [4.69, 9.17) is 18.9 Å². The molecular formula is C22H26N2O5. The normalized spacial score (nSPS) is 18.3. The molecule has 1 aliphatic rings. The first-order chi connectivity index (χ1) is 13.9. The highest BCUT2D eigenvalue weighted by Crippen LogP contribution is 2.47. The van der Waals surface area contributed by atoms with Crippen LogP contribution in [0.2, 0.25) is 0 Å². The molecule has 154 valence electrons. The lowest BCUT2D eigenvalue weighted by atomic mass is 9.84.